The Morgan fingerprint density at radius 2 is 1.81 bits per heavy atom. The quantitative estimate of drug-likeness (QED) is 0.418. The van der Waals surface area contributed by atoms with E-state index in [0.717, 1.165) is 19.3 Å². The molecule has 2 heterocycles. The zero-order valence-electron chi connectivity index (χ0n) is 20.4. The predicted molar refractivity (Wildman–Crippen MR) is 124 cm³/mol. The Bertz CT molecular complexity index is 826. The van der Waals surface area contributed by atoms with Crippen molar-refractivity contribution in [2.24, 2.45) is 40.4 Å². The van der Waals surface area contributed by atoms with Gasteiger partial charge in [0.05, 0.1) is 6.10 Å². The molecule has 0 radical (unpaired) electrons. The zero-order valence-corrected chi connectivity index (χ0v) is 20.4. The smallest absolute Gasteiger partial charge is 0.147 e. The summed E-state index contributed by atoms with van der Waals surface area (Å²) in [6.07, 6.45) is 17.8. The standard InChI is InChI=1S/C28H42O3/c1-18(2)19(3)7-8-20(4)22-9-10-23-25(22,5)13-12-24-26(6)14-11-21(29)17-27(26)15-16-28(23,24)31-30-27/h7-8,12,15-16,18-23,29H,9-11,13-14,17H2,1-6H3/b8-7+/t19-,20+,21+,22-,23+,25+,26+,27+,28-/m0/s1. The van der Waals surface area contributed by atoms with E-state index in [1.54, 1.807) is 0 Å². The van der Waals surface area contributed by atoms with Gasteiger partial charge in [-0.15, -0.1) is 0 Å². The molecule has 9 atom stereocenters. The number of allylic oxidation sites excluding steroid dienone is 3. The Morgan fingerprint density at radius 1 is 1.03 bits per heavy atom. The summed E-state index contributed by atoms with van der Waals surface area (Å²) in [5.74, 6) is 2.98. The van der Waals surface area contributed by atoms with Crippen LogP contribution in [0.1, 0.15) is 80.1 Å². The Hall–Kier alpha value is -0.900. The summed E-state index contributed by atoms with van der Waals surface area (Å²) in [6, 6.07) is 0. The summed E-state index contributed by atoms with van der Waals surface area (Å²) >= 11 is 0. The van der Waals surface area contributed by atoms with Gasteiger partial charge in [0.1, 0.15) is 11.2 Å². The SMILES string of the molecule is CC(C)[C@@H](C)/C=C/[C@@H](C)[C@@H]1CC[C@@H]2[C@]1(C)CC=C1[C@]23C=C[C@]2(C[C@H](O)CC[C@]12C)OO3. The summed E-state index contributed by atoms with van der Waals surface area (Å²) in [6.45, 7) is 14.2. The highest BCUT2D eigenvalue weighted by atomic mass is 17.2. The van der Waals surface area contributed by atoms with Gasteiger partial charge in [0, 0.05) is 17.8 Å². The molecule has 2 saturated carbocycles. The second-order valence-electron chi connectivity index (χ2n) is 12.3. The van der Waals surface area contributed by atoms with E-state index in [4.69, 9.17) is 9.78 Å². The molecule has 2 aliphatic heterocycles. The summed E-state index contributed by atoms with van der Waals surface area (Å²) in [5.41, 5.74) is 0.656. The molecule has 0 unspecified atom stereocenters. The molecule has 3 heteroatoms. The molecular weight excluding hydrogens is 384 g/mol. The summed E-state index contributed by atoms with van der Waals surface area (Å²) < 4.78 is 0. The molecule has 1 saturated heterocycles. The molecule has 172 valence electrons. The first-order valence-corrected chi connectivity index (χ1v) is 12.7. The van der Waals surface area contributed by atoms with Crippen molar-refractivity contribution >= 4 is 0 Å². The molecule has 31 heavy (non-hydrogen) atoms. The fourth-order valence-electron chi connectivity index (χ4n) is 8.01. The molecule has 4 aliphatic carbocycles. The van der Waals surface area contributed by atoms with Gasteiger partial charge in [-0.1, -0.05) is 59.8 Å². The lowest BCUT2D eigenvalue weighted by Gasteiger charge is -2.66. The lowest BCUT2D eigenvalue weighted by atomic mass is 9.47. The first-order valence-electron chi connectivity index (χ1n) is 12.7. The minimum Gasteiger partial charge on any atom is -0.393 e. The maximum atomic E-state index is 10.4. The highest BCUT2D eigenvalue weighted by Crippen LogP contribution is 2.71. The second kappa shape index (κ2) is 7.05. The molecule has 6 rings (SSSR count). The summed E-state index contributed by atoms with van der Waals surface area (Å²) in [5, 5.41) is 10.4. The van der Waals surface area contributed by atoms with E-state index in [1.807, 2.05) is 0 Å². The van der Waals surface area contributed by atoms with E-state index in [2.05, 4.69) is 71.9 Å². The van der Waals surface area contributed by atoms with Crippen molar-refractivity contribution in [3.8, 4) is 0 Å². The van der Waals surface area contributed by atoms with E-state index < -0.39 is 11.2 Å². The van der Waals surface area contributed by atoms with Crippen LogP contribution < -0.4 is 0 Å². The number of hydrogen-bond donors (Lipinski definition) is 1. The third-order valence-electron chi connectivity index (χ3n) is 10.5. The predicted octanol–water partition coefficient (Wildman–Crippen LogP) is 6.39. The van der Waals surface area contributed by atoms with E-state index in [-0.39, 0.29) is 16.9 Å². The van der Waals surface area contributed by atoms with E-state index >= 15 is 0 Å². The van der Waals surface area contributed by atoms with Crippen molar-refractivity contribution in [3.05, 3.63) is 36.0 Å². The summed E-state index contributed by atoms with van der Waals surface area (Å²) in [7, 11) is 0. The number of fused-ring (bicyclic) bond motifs is 2. The van der Waals surface area contributed by atoms with Crippen LogP contribution in [0.25, 0.3) is 0 Å². The average Bonchev–Trinajstić information content (AvgIpc) is 3.09. The Morgan fingerprint density at radius 3 is 2.48 bits per heavy atom. The highest BCUT2D eigenvalue weighted by molar-refractivity contribution is 5.48. The van der Waals surface area contributed by atoms with Crippen LogP contribution in [0, 0.1) is 40.4 Å². The number of rotatable bonds is 4. The fourth-order valence-corrected chi connectivity index (χ4v) is 8.01. The fraction of sp³-hybridized carbons (Fsp3) is 0.786. The molecule has 0 aromatic carbocycles. The molecule has 2 bridgehead atoms. The van der Waals surface area contributed by atoms with Crippen LogP contribution >= 0.6 is 0 Å². The first kappa shape index (κ1) is 21.9. The van der Waals surface area contributed by atoms with Gasteiger partial charge in [0.15, 0.2) is 0 Å². The first-order chi connectivity index (χ1) is 14.6. The maximum Gasteiger partial charge on any atom is 0.147 e. The second-order valence-corrected chi connectivity index (χ2v) is 12.3. The molecule has 2 spiro atoms. The minimum absolute atomic E-state index is 0.0726. The Balaban J connectivity index is 1.48. The van der Waals surface area contributed by atoms with Crippen LogP contribution in [0.4, 0.5) is 0 Å². The molecule has 0 aromatic heterocycles. The maximum absolute atomic E-state index is 10.4. The molecule has 1 N–H and O–H groups in total. The van der Waals surface area contributed by atoms with Gasteiger partial charge in [-0.05, 0) is 78.9 Å². The van der Waals surface area contributed by atoms with Crippen molar-refractivity contribution in [3.63, 3.8) is 0 Å². The van der Waals surface area contributed by atoms with Gasteiger partial charge in [-0.3, -0.25) is 0 Å². The molecule has 0 aromatic rings. The monoisotopic (exact) mass is 426 g/mol. The zero-order chi connectivity index (χ0) is 22.2. The third-order valence-corrected chi connectivity index (χ3v) is 10.5. The van der Waals surface area contributed by atoms with Crippen molar-refractivity contribution in [1.82, 2.24) is 0 Å². The third kappa shape index (κ3) is 2.82. The molecule has 3 fully saturated rings. The van der Waals surface area contributed by atoms with E-state index in [1.165, 1.54) is 18.4 Å². The molecule has 3 nitrogen and oxygen atoms in total. The normalized spacial score (nSPS) is 50.2. The van der Waals surface area contributed by atoms with Crippen LogP contribution in [-0.4, -0.2) is 22.4 Å². The lowest BCUT2D eigenvalue weighted by molar-refractivity contribution is -0.455. The van der Waals surface area contributed by atoms with Gasteiger partial charge in [0.25, 0.3) is 0 Å². The van der Waals surface area contributed by atoms with Gasteiger partial charge >= 0.3 is 0 Å². The number of aliphatic hydroxyl groups excluding tert-OH is 1. The van der Waals surface area contributed by atoms with Crippen LogP contribution in [0.2, 0.25) is 0 Å². The number of hydrogen-bond acceptors (Lipinski definition) is 3. The molecule has 6 aliphatic rings. The van der Waals surface area contributed by atoms with Gasteiger partial charge in [-0.2, -0.15) is 0 Å². The number of aliphatic hydroxyl groups is 1. The van der Waals surface area contributed by atoms with Crippen molar-refractivity contribution in [2.75, 3.05) is 0 Å². The van der Waals surface area contributed by atoms with Gasteiger partial charge in [-0.25, -0.2) is 9.78 Å². The van der Waals surface area contributed by atoms with Crippen molar-refractivity contribution in [2.45, 2.75) is 97.4 Å². The van der Waals surface area contributed by atoms with Crippen LogP contribution in [0.3, 0.4) is 0 Å². The highest BCUT2D eigenvalue weighted by Gasteiger charge is 2.71. The lowest BCUT2D eigenvalue weighted by Crippen LogP contribution is -2.69. The van der Waals surface area contributed by atoms with E-state index in [0.29, 0.717) is 36.0 Å². The Labute approximate surface area is 188 Å². The largest absolute Gasteiger partial charge is 0.393 e. The Kier molecular flexibility index (Phi) is 4.98. The van der Waals surface area contributed by atoms with Crippen LogP contribution in [0.15, 0.2) is 36.0 Å². The molecule has 0 amide bonds. The average molecular weight is 427 g/mol. The van der Waals surface area contributed by atoms with Gasteiger partial charge < -0.3 is 5.11 Å². The van der Waals surface area contributed by atoms with Gasteiger partial charge in [0.2, 0.25) is 0 Å². The topological polar surface area (TPSA) is 38.7 Å². The molecular formula is C28H42O3. The minimum atomic E-state index is -0.507. The summed E-state index contributed by atoms with van der Waals surface area (Å²) in [4.78, 5) is 12.6. The van der Waals surface area contributed by atoms with Crippen molar-refractivity contribution < 1.29 is 14.9 Å². The van der Waals surface area contributed by atoms with Crippen LogP contribution in [-0.2, 0) is 9.78 Å². The van der Waals surface area contributed by atoms with Crippen molar-refractivity contribution in [1.29, 1.82) is 0 Å². The van der Waals surface area contributed by atoms with E-state index in [9.17, 15) is 5.11 Å². The van der Waals surface area contributed by atoms with Crippen LogP contribution in [0.5, 0.6) is 0 Å².